The highest BCUT2D eigenvalue weighted by Gasteiger charge is 2.08. The number of rotatable bonds is 3. The first-order valence-electron chi connectivity index (χ1n) is 5.21. The van der Waals surface area contributed by atoms with Gasteiger partial charge in [-0.2, -0.15) is 0 Å². The van der Waals surface area contributed by atoms with Crippen molar-refractivity contribution in [2.24, 2.45) is 0 Å². The van der Waals surface area contributed by atoms with Gasteiger partial charge >= 0.3 is 12.0 Å². The number of carboxylic acids is 1. The van der Waals surface area contributed by atoms with Gasteiger partial charge in [0, 0.05) is 11.8 Å². The fourth-order valence-electron chi connectivity index (χ4n) is 1.39. The van der Waals surface area contributed by atoms with Crippen LogP contribution < -0.4 is 10.6 Å². The zero-order chi connectivity index (χ0) is 13.8. The molecule has 7 heteroatoms. The highest BCUT2D eigenvalue weighted by atomic mass is 79.9. The topological polar surface area (TPSA) is 91.6 Å². The molecule has 2 rings (SSSR count). The Hall–Kier alpha value is -2.28. The van der Waals surface area contributed by atoms with Gasteiger partial charge < -0.3 is 14.8 Å². The minimum Gasteiger partial charge on any atom is -0.478 e. The van der Waals surface area contributed by atoms with E-state index in [2.05, 4.69) is 26.6 Å². The minimum atomic E-state index is -1.06. The van der Waals surface area contributed by atoms with E-state index < -0.39 is 12.0 Å². The SMILES string of the molecule is O=C(Nc1cccc(C(=O)O)c1)Nc1ccc(Br)o1. The fourth-order valence-corrected chi connectivity index (χ4v) is 1.69. The van der Waals surface area contributed by atoms with Crippen molar-refractivity contribution < 1.29 is 19.1 Å². The Morgan fingerprint density at radius 2 is 1.95 bits per heavy atom. The molecule has 0 aliphatic heterocycles. The van der Waals surface area contributed by atoms with Crippen LogP contribution in [0.4, 0.5) is 16.4 Å². The lowest BCUT2D eigenvalue weighted by atomic mass is 10.2. The van der Waals surface area contributed by atoms with Crippen molar-refractivity contribution in [1.82, 2.24) is 0 Å². The molecule has 2 aromatic rings. The van der Waals surface area contributed by atoms with Gasteiger partial charge in [-0.15, -0.1) is 0 Å². The number of nitrogens with one attached hydrogen (secondary N) is 2. The third-order valence-electron chi connectivity index (χ3n) is 2.18. The van der Waals surface area contributed by atoms with E-state index >= 15 is 0 Å². The van der Waals surface area contributed by atoms with Crippen molar-refractivity contribution in [3.8, 4) is 0 Å². The monoisotopic (exact) mass is 324 g/mol. The Balaban J connectivity index is 2.02. The third kappa shape index (κ3) is 3.59. The molecule has 1 heterocycles. The summed E-state index contributed by atoms with van der Waals surface area (Å²) in [7, 11) is 0. The number of hydrogen-bond acceptors (Lipinski definition) is 3. The number of amides is 2. The number of aromatic carboxylic acids is 1. The zero-order valence-electron chi connectivity index (χ0n) is 9.51. The molecule has 2 amide bonds. The molecular formula is C12H9BrN2O4. The summed E-state index contributed by atoms with van der Waals surface area (Å²) in [5.74, 6) is -0.780. The molecule has 0 unspecified atom stereocenters. The van der Waals surface area contributed by atoms with Gasteiger partial charge in [0.1, 0.15) is 0 Å². The summed E-state index contributed by atoms with van der Waals surface area (Å²) in [6, 6.07) is 8.63. The van der Waals surface area contributed by atoms with Crippen LogP contribution in [0.1, 0.15) is 10.4 Å². The van der Waals surface area contributed by atoms with Crippen LogP contribution in [-0.4, -0.2) is 17.1 Å². The first kappa shape index (κ1) is 13.2. The molecule has 0 radical (unpaired) electrons. The lowest BCUT2D eigenvalue weighted by molar-refractivity contribution is 0.0697. The summed E-state index contributed by atoms with van der Waals surface area (Å²) >= 11 is 3.11. The normalized spacial score (nSPS) is 9.95. The fraction of sp³-hybridized carbons (Fsp3) is 0. The number of halogens is 1. The second-order valence-electron chi connectivity index (χ2n) is 3.57. The maximum atomic E-state index is 11.6. The molecule has 19 heavy (non-hydrogen) atoms. The Morgan fingerprint density at radius 3 is 2.58 bits per heavy atom. The molecule has 1 aromatic heterocycles. The summed E-state index contributed by atoms with van der Waals surface area (Å²) in [5, 5.41) is 13.8. The highest BCUT2D eigenvalue weighted by molar-refractivity contribution is 9.10. The van der Waals surface area contributed by atoms with E-state index in [1.54, 1.807) is 24.3 Å². The van der Waals surface area contributed by atoms with E-state index in [4.69, 9.17) is 9.52 Å². The second-order valence-corrected chi connectivity index (χ2v) is 4.35. The third-order valence-corrected chi connectivity index (χ3v) is 2.60. The van der Waals surface area contributed by atoms with Crippen LogP contribution >= 0.6 is 15.9 Å². The first-order valence-corrected chi connectivity index (χ1v) is 6.00. The summed E-state index contributed by atoms with van der Waals surface area (Å²) in [4.78, 5) is 22.4. The standard InChI is InChI=1S/C12H9BrN2O4/c13-9-4-5-10(19-9)15-12(18)14-8-3-1-2-7(6-8)11(16)17/h1-6H,(H,16,17)(H2,14,15,18). The predicted molar refractivity (Wildman–Crippen MR) is 72.5 cm³/mol. The zero-order valence-corrected chi connectivity index (χ0v) is 11.1. The number of benzene rings is 1. The van der Waals surface area contributed by atoms with Crippen molar-refractivity contribution in [3.63, 3.8) is 0 Å². The number of furan rings is 1. The van der Waals surface area contributed by atoms with E-state index in [0.29, 0.717) is 10.4 Å². The average molecular weight is 325 g/mol. The van der Waals surface area contributed by atoms with Crippen LogP contribution in [-0.2, 0) is 0 Å². The lowest BCUT2D eigenvalue weighted by Crippen LogP contribution is -2.19. The van der Waals surface area contributed by atoms with Gasteiger partial charge in [-0.3, -0.25) is 5.32 Å². The summed E-state index contributed by atoms with van der Waals surface area (Å²) in [6.45, 7) is 0. The van der Waals surface area contributed by atoms with Gasteiger partial charge in [-0.25, -0.2) is 9.59 Å². The largest absolute Gasteiger partial charge is 0.478 e. The van der Waals surface area contributed by atoms with Crippen molar-refractivity contribution >= 4 is 39.5 Å². The molecule has 0 saturated heterocycles. The lowest BCUT2D eigenvalue weighted by Gasteiger charge is -2.06. The number of hydrogen-bond donors (Lipinski definition) is 3. The van der Waals surface area contributed by atoms with E-state index in [9.17, 15) is 9.59 Å². The van der Waals surface area contributed by atoms with Gasteiger partial charge in [0.2, 0.25) is 5.88 Å². The number of urea groups is 1. The van der Waals surface area contributed by atoms with Crippen molar-refractivity contribution in [1.29, 1.82) is 0 Å². The van der Waals surface area contributed by atoms with Crippen molar-refractivity contribution in [2.45, 2.75) is 0 Å². The average Bonchev–Trinajstić information content (AvgIpc) is 2.74. The molecule has 0 saturated carbocycles. The van der Waals surface area contributed by atoms with Gasteiger partial charge in [-0.1, -0.05) is 6.07 Å². The van der Waals surface area contributed by atoms with Crippen LogP contribution in [0.15, 0.2) is 45.5 Å². The van der Waals surface area contributed by atoms with Crippen LogP contribution in [0.2, 0.25) is 0 Å². The van der Waals surface area contributed by atoms with Gasteiger partial charge in [0.05, 0.1) is 5.56 Å². The Labute approximate surface area is 116 Å². The summed E-state index contributed by atoms with van der Waals surface area (Å²) in [6.07, 6.45) is 0. The maximum absolute atomic E-state index is 11.6. The Kier molecular flexibility index (Phi) is 3.86. The molecule has 0 spiro atoms. The number of carbonyl (C=O) groups is 2. The Bertz CT molecular complexity index is 624. The summed E-state index contributed by atoms with van der Waals surface area (Å²) < 4.78 is 5.60. The van der Waals surface area contributed by atoms with Crippen LogP contribution in [0.3, 0.4) is 0 Å². The van der Waals surface area contributed by atoms with Gasteiger partial charge in [0.15, 0.2) is 4.67 Å². The molecule has 6 nitrogen and oxygen atoms in total. The first-order chi connectivity index (χ1) is 9.04. The van der Waals surface area contributed by atoms with Gasteiger partial charge in [0.25, 0.3) is 0 Å². The molecular weight excluding hydrogens is 316 g/mol. The molecule has 0 atom stereocenters. The van der Waals surface area contributed by atoms with Gasteiger partial charge in [-0.05, 0) is 40.2 Å². The molecule has 98 valence electrons. The highest BCUT2D eigenvalue weighted by Crippen LogP contribution is 2.18. The summed E-state index contributed by atoms with van der Waals surface area (Å²) in [5.41, 5.74) is 0.474. The number of carbonyl (C=O) groups excluding carboxylic acids is 1. The van der Waals surface area contributed by atoms with Crippen LogP contribution in [0.5, 0.6) is 0 Å². The molecule has 1 aromatic carbocycles. The maximum Gasteiger partial charge on any atom is 0.335 e. The Morgan fingerprint density at radius 1 is 1.16 bits per heavy atom. The predicted octanol–water partition coefficient (Wildman–Crippen LogP) is 3.38. The second kappa shape index (κ2) is 5.57. The molecule has 0 fully saturated rings. The van der Waals surface area contributed by atoms with E-state index in [-0.39, 0.29) is 11.4 Å². The number of carboxylic acid groups (broad SMARTS) is 1. The van der Waals surface area contributed by atoms with E-state index in [1.807, 2.05) is 0 Å². The van der Waals surface area contributed by atoms with Crippen LogP contribution in [0.25, 0.3) is 0 Å². The minimum absolute atomic E-state index is 0.0959. The van der Waals surface area contributed by atoms with Crippen molar-refractivity contribution in [3.05, 3.63) is 46.6 Å². The number of anilines is 2. The van der Waals surface area contributed by atoms with E-state index in [0.717, 1.165) is 0 Å². The quantitative estimate of drug-likeness (QED) is 0.807. The van der Waals surface area contributed by atoms with Crippen molar-refractivity contribution in [2.75, 3.05) is 10.6 Å². The molecule has 0 aliphatic rings. The molecule has 0 bridgehead atoms. The molecule has 0 aliphatic carbocycles. The van der Waals surface area contributed by atoms with Crippen LogP contribution in [0, 0.1) is 0 Å². The molecule has 3 N–H and O–H groups in total. The van der Waals surface area contributed by atoms with E-state index in [1.165, 1.54) is 12.1 Å². The smallest absolute Gasteiger partial charge is 0.335 e.